The number of rotatable bonds is 3. The maximum absolute atomic E-state index is 13.3. The number of nitrogens with one attached hydrogen (secondary N) is 1. The van der Waals surface area contributed by atoms with Crippen LogP contribution in [-0.2, 0) is 0 Å². The van der Waals surface area contributed by atoms with Crippen LogP contribution in [0, 0.1) is 5.82 Å². The van der Waals surface area contributed by atoms with Gasteiger partial charge in [0.2, 0.25) is 0 Å². The molecule has 0 fully saturated rings. The van der Waals surface area contributed by atoms with E-state index in [1.54, 1.807) is 0 Å². The van der Waals surface area contributed by atoms with Crippen LogP contribution in [0.4, 0.5) is 15.8 Å². The van der Waals surface area contributed by atoms with Crippen molar-refractivity contribution >= 4 is 23.2 Å². The van der Waals surface area contributed by atoms with E-state index in [1.807, 2.05) is 0 Å². The van der Waals surface area contributed by atoms with E-state index in [9.17, 15) is 14.0 Å². The predicted octanol–water partition coefficient (Wildman–Crippen LogP) is 1.15. The first-order chi connectivity index (χ1) is 9.47. The lowest BCUT2D eigenvalue weighted by molar-refractivity contribution is 0.0992. The van der Waals surface area contributed by atoms with E-state index in [0.717, 1.165) is 12.1 Å². The summed E-state index contributed by atoms with van der Waals surface area (Å²) >= 11 is 0. The topological polar surface area (TPSA) is 111 Å². The van der Waals surface area contributed by atoms with Gasteiger partial charge in [0.15, 0.2) is 0 Å². The molecular formula is C13H11FN4O2. The Morgan fingerprint density at radius 1 is 1.20 bits per heavy atom. The first kappa shape index (κ1) is 13.5. The van der Waals surface area contributed by atoms with Gasteiger partial charge in [-0.1, -0.05) is 0 Å². The normalized spacial score (nSPS) is 10.1. The van der Waals surface area contributed by atoms with Crippen LogP contribution in [0.25, 0.3) is 0 Å². The molecule has 20 heavy (non-hydrogen) atoms. The Kier molecular flexibility index (Phi) is 3.60. The summed E-state index contributed by atoms with van der Waals surface area (Å²) in [6.45, 7) is 0. The molecule has 7 heteroatoms. The number of pyridine rings is 1. The molecular weight excluding hydrogens is 263 g/mol. The second kappa shape index (κ2) is 5.35. The monoisotopic (exact) mass is 274 g/mol. The first-order valence-corrected chi connectivity index (χ1v) is 5.59. The molecule has 1 heterocycles. The number of halogens is 1. The Morgan fingerprint density at radius 3 is 2.55 bits per heavy atom. The van der Waals surface area contributed by atoms with Gasteiger partial charge in [-0.2, -0.15) is 0 Å². The fourth-order valence-electron chi connectivity index (χ4n) is 1.53. The highest BCUT2D eigenvalue weighted by molar-refractivity contribution is 6.03. The number of benzene rings is 1. The Labute approximate surface area is 113 Å². The summed E-state index contributed by atoms with van der Waals surface area (Å²) in [5.41, 5.74) is 11.0. The lowest BCUT2D eigenvalue weighted by atomic mass is 10.1. The summed E-state index contributed by atoms with van der Waals surface area (Å²) in [7, 11) is 0. The number of carbonyl (C=O) groups excluding carboxylic acids is 2. The third-order valence-corrected chi connectivity index (χ3v) is 2.51. The minimum absolute atomic E-state index is 0.143. The number of nitrogens with two attached hydrogens (primary N) is 2. The Balaban J connectivity index is 2.21. The van der Waals surface area contributed by atoms with E-state index in [4.69, 9.17) is 11.5 Å². The minimum atomic E-state index is -0.913. The van der Waals surface area contributed by atoms with Crippen LogP contribution >= 0.6 is 0 Å². The maximum atomic E-state index is 13.3. The van der Waals surface area contributed by atoms with Crippen LogP contribution < -0.4 is 16.8 Å². The molecule has 0 aliphatic carbocycles. The summed E-state index contributed by atoms with van der Waals surface area (Å²) < 4.78 is 13.3. The standard InChI is InChI=1S/C13H11FN4O2/c14-10-3-2-8(5-9(10)12(16)19)18-13(20)11-4-1-7(15)6-17-11/h1-6H,15H2,(H2,16,19)(H,18,20). The Bertz CT molecular complexity index is 671. The Hall–Kier alpha value is -2.96. The molecule has 1 aromatic carbocycles. The van der Waals surface area contributed by atoms with Crippen molar-refractivity contribution in [3.8, 4) is 0 Å². The molecule has 102 valence electrons. The summed E-state index contributed by atoms with van der Waals surface area (Å²) in [6, 6.07) is 6.50. The number of anilines is 2. The van der Waals surface area contributed by atoms with Gasteiger partial charge in [0.05, 0.1) is 17.4 Å². The van der Waals surface area contributed by atoms with E-state index in [1.165, 1.54) is 24.4 Å². The van der Waals surface area contributed by atoms with Crippen molar-refractivity contribution in [3.05, 3.63) is 53.6 Å². The molecule has 0 spiro atoms. The molecule has 2 amide bonds. The van der Waals surface area contributed by atoms with Crippen LogP contribution in [0.2, 0.25) is 0 Å². The predicted molar refractivity (Wildman–Crippen MR) is 71.5 cm³/mol. The summed E-state index contributed by atoms with van der Waals surface area (Å²) in [5, 5.41) is 2.48. The number of nitrogen functional groups attached to an aromatic ring is 1. The third kappa shape index (κ3) is 2.89. The van der Waals surface area contributed by atoms with Gasteiger partial charge in [-0.15, -0.1) is 0 Å². The minimum Gasteiger partial charge on any atom is -0.397 e. The van der Waals surface area contributed by atoms with Gasteiger partial charge in [0.25, 0.3) is 11.8 Å². The zero-order valence-electron chi connectivity index (χ0n) is 10.3. The first-order valence-electron chi connectivity index (χ1n) is 5.59. The maximum Gasteiger partial charge on any atom is 0.274 e. The zero-order valence-corrected chi connectivity index (χ0v) is 10.3. The van der Waals surface area contributed by atoms with Crippen molar-refractivity contribution in [1.29, 1.82) is 0 Å². The second-order valence-corrected chi connectivity index (χ2v) is 3.99. The largest absolute Gasteiger partial charge is 0.397 e. The van der Waals surface area contributed by atoms with Crippen molar-refractivity contribution in [3.63, 3.8) is 0 Å². The van der Waals surface area contributed by atoms with Crippen molar-refractivity contribution in [2.75, 3.05) is 11.1 Å². The number of primary amides is 1. The number of amides is 2. The molecule has 0 atom stereocenters. The molecule has 0 unspecified atom stereocenters. The van der Waals surface area contributed by atoms with Gasteiger partial charge in [-0.05, 0) is 30.3 Å². The quantitative estimate of drug-likeness (QED) is 0.779. The van der Waals surface area contributed by atoms with Crippen LogP contribution in [0.1, 0.15) is 20.8 Å². The van der Waals surface area contributed by atoms with Crippen LogP contribution in [0.5, 0.6) is 0 Å². The van der Waals surface area contributed by atoms with Gasteiger partial charge in [-0.25, -0.2) is 9.37 Å². The van der Waals surface area contributed by atoms with E-state index in [0.29, 0.717) is 5.69 Å². The van der Waals surface area contributed by atoms with E-state index in [2.05, 4.69) is 10.3 Å². The number of hydrogen-bond donors (Lipinski definition) is 3. The fourth-order valence-corrected chi connectivity index (χ4v) is 1.53. The molecule has 0 radical (unpaired) electrons. The Morgan fingerprint density at radius 2 is 1.95 bits per heavy atom. The molecule has 0 aliphatic heterocycles. The van der Waals surface area contributed by atoms with Gasteiger partial charge >= 0.3 is 0 Å². The number of nitrogens with zero attached hydrogens (tertiary/aromatic N) is 1. The van der Waals surface area contributed by atoms with Crippen molar-refractivity contribution in [1.82, 2.24) is 4.98 Å². The van der Waals surface area contributed by atoms with Crippen molar-refractivity contribution in [2.24, 2.45) is 5.73 Å². The van der Waals surface area contributed by atoms with Gasteiger partial charge in [0.1, 0.15) is 11.5 Å². The molecule has 0 saturated carbocycles. The highest BCUT2D eigenvalue weighted by Crippen LogP contribution is 2.15. The molecule has 6 nitrogen and oxygen atoms in total. The molecule has 5 N–H and O–H groups in total. The highest BCUT2D eigenvalue weighted by Gasteiger charge is 2.12. The SMILES string of the molecule is NC(=O)c1cc(NC(=O)c2ccc(N)cn2)ccc1F. The van der Waals surface area contributed by atoms with Crippen molar-refractivity contribution in [2.45, 2.75) is 0 Å². The van der Waals surface area contributed by atoms with Crippen LogP contribution in [-0.4, -0.2) is 16.8 Å². The lowest BCUT2D eigenvalue weighted by Crippen LogP contribution is -2.16. The molecule has 0 aliphatic rings. The molecule has 1 aromatic heterocycles. The number of hydrogen-bond acceptors (Lipinski definition) is 4. The lowest BCUT2D eigenvalue weighted by Gasteiger charge is -2.06. The van der Waals surface area contributed by atoms with Crippen LogP contribution in [0.3, 0.4) is 0 Å². The molecule has 0 saturated heterocycles. The van der Waals surface area contributed by atoms with Crippen LogP contribution in [0.15, 0.2) is 36.5 Å². The molecule has 0 bridgehead atoms. The fraction of sp³-hybridized carbons (Fsp3) is 0. The van der Waals surface area contributed by atoms with E-state index >= 15 is 0 Å². The van der Waals surface area contributed by atoms with E-state index in [-0.39, 0.29) is 16.9 Å². The summed E-state index contributed by atoms with van der Waals surface area (Å²) in [4.78, 5) is 26.7. The van der Waals surface area contributed by atoms with Gasteiger partial charge in [0, 0.05) is 5.69 Å². The second-order valence-electron chi connectivity index (χ2n) is 3.99. The zero-order chi connectivity index (χ0) is 14.7. The van der Waals surface area contributed by atoms with Crippen molar-refractivity contribution < 1.29 is 14.0 Å². The van der Waals surface area contributed by atoms with Gasteiger partial charge in [-0.3, -0.25) is 9.59 Å². The number of carbonyl (C=O) groups is 2. The smallest absolute Gasteiger partial charge is 0.274 e. The van der Waals surface area contributed by atoms with Gasteiger partial charge < -0.3 is 16.8 Å². The summed E-state index contributed by atoms with van der Waals surface area (Å²) in [6.07, 6.45) is 1.34. The van der Waals surface area contributed by atoms with E-state index < -0.39 is 17.6 Å². The number of aromatic nitrogens is 1. The molecule has 2 rings (SSSR count). The molecule has 2 aromatic rings. The average Bonchev–Trinajstić information content (AvgIpc) is 2.41. The highest BCUT2D eigenvalue weighted by atomic mass is 19.1. The third-order valence-electron chi connectivity index (χ3n) is 2.51. The summed E-state index contributed by atoms with van der Waals surface area (Å²) in [5.74, 6) is -2.17. The average molecular weight is 274 g/mol.